The van der Waals surface area contributed by atoms with E-state index in [1.807, 2.05) is 67.5 Å². The third kappa shape index (κ3) is 4.75. The van der Waals surface area contributed by atoms with E-state index in [4.69, 9.17) is 28.1 Å². The van der Waals surface area contributed by atoms with E-state index in [-0.39, 0.29) is 0 Å². The first kappa shape index (κ1) is 24.8. The SMILES string of the molecule is CC1(C)OB(c2cccc(OC(=O)Oc3cccc(B4OC(C)(C)C(C)(C)O4)c3)c2)OC1(C)C. The molecule has 0 N–H and O–H groups in total. The first-order chi connectivity index (χ1) is 15.7. The van der Waals surface area contributed by atoms with E-state index in [1.165, 1.54) is 0 Å². The van der Waals surface area contributed by atoms with Crippen molar-refractivity contribution < 1.29 is 32.9 Å². The molecule has 0 amide bonds. The highest BCUT2D eigenvalue weighted by Gasteiger charge is 2.52. The standard InChI is InChI=1S/C25H32B2O7/c1-22(2)23(3,4)32-26(31-22)17-11-9-13-19(15-17)29-21(28)30-20-14-10-12-18(16-20)27-33-24(5,6)25(7,8)34-27/h9-16H,1-8H3. The Balaban J connectivity index is 1.42. The first-order valence-corrected chi connectivity index (χ1v) is 11.5. The topological polar surface area (TPSA) is 72.5 Å². The first-order valence-electron chi connectivity index (χ1n) is 11.5. The molecular weight excluding hydrogens is 434 g/mol. The highest BCUT2D eigenvalue weighted by molar-refractivity contribution is 6.62. The Bertz CT molecular complexity index is 965. The van der Waals surface area contributed by atoms with E-state index in [1.54, 1.807) is 36.4 Å². The van der Waals surface area contributed by atoms with Crippen molar-refractivity contribution in [2.45, 2.75) is 77.8 Å². The lowest BCUT2D eigenvalue weighted by Crippen LogP contribution is -2.41. The van der Waals surface area contributed by atoms with Crippen molar-refractivity contribution in [1.82, 2.24) is 0 Å². The number of hydrogen-bond acceptors (Lipinski definition) is 7. The summed E-state index contributed by atoms with van der Waals surface area (Å²) in [6, 6.07) is 14.1. The monoisotopic (exact) mass is 466 g/mol. The molecule has 2 saturated heterocycles. The normalized spacial score (nSPS) is 22.0. The molecule has 0 unspecified atom stereocenters. The Labute approximate surface area is 202 Å². The molecule has 34 heavy (non-hydrogen) atoms. The molecule has 2 aliphatic rings. The van der Waals surface area contributed by atoms with Crippen molar-refractivity contribution in [3.05, 3.63) is 48.5 Å². The third-order valence-electron chi connectivity index (χ3n) is 7.17. The molecule has 0 atom stereocenters. The number of carbonyl (C=O) groups is 1. The van der Waals surface area contributed by atoms with Gasteiger partial charge < -0.3 is 28.1 Å². The average Bonchev–Trinajstić information content (AvgIpc) is 3.08. The minimum absolute atomic E-state index is 0.333. The van der Waals surface area contributed by atoms with Crippen LogP contribution in [0.15, 0.2) is 48.5 Å². The van der Waals surface area contributed by atoms with Crippen molar-refractivity contribution in [3.8, 4) is 11.5 Å². The molecule has 0 saturated carbocycles. The Kier molecular flexibility index (Phi) is 6.13. The summed E-state index contributed by atoms with van der Waals surface area (Å²) in [6.45, 7) is 15.9. The summed E-state index contributed by atoms with van der Waals surface area (Å²) >= 11 is 0. The summed E-state index contributed by atoms with van der Waals surface area (Å²) in [5, 5.41) is 0. The Morgan fingerprint density at radius 1 is 0.618 bits per heavy atom. The molecular formula is C25H32B2O7. The van der Waals surface area contributed by atoms with Crippen LogP contribution in [0.3, 0.4) is 0 Å². The van der Waals surface area contributed by atoms with Gasteiger partial charge in [0.05, 0.1) is 22.4 Å². The maximum atomic E-state index is 12.5. The van der Waals surface area contributed by atoms with Crippen LogP contribution in [0.25, 0.3) is 0 Å². The van der Waals surface area contributed by atoms with Gasteiger partial charge in [-0.3, -0.25) is 0 Å². The van der Waals surface area contributed by atoms with Crippen molar-refractivity contribution in [2.75, 3.05) is 0 Å². The number of rotatable bonds is 4. The largest absolute Gasteiger partial charge is 0.519 e. The molecule has 2 heterocycles. The Morgan fingerprint density at radius 3 is 1.26 bits per heavy atom. The number of ether oxygens (including phenoxy) is 2. The predicted molar refractivity (Wildman–Crippen MR) is 131 cm³/mol. The van der Waals surface area contributed by atoms with Gasteiger partial charge in [0.2, 0.25) is 0 Å². The molecule has 0 aromatic heterocycles. The molecule has 9 heteroatoms. The summed E-state index contributed by atoms with van der Waals surface area (Å²) in [6.07, 6.45) is -0.850. The molecule has 180 valence electrons. The fraction of sp³-hybridized carbons (Fsp3) is 0.480. The van der Waals surface area contributed by atoms with E-state index >= 15 is 0 Å². The second-order valence-corrected chi connectivity index (χ2v) is 10.8. The zero-order chi connectivity index (χ0) is 24.9. The molecule has 7 nitrogen and oxygen atoms in total. The van der Waals surface area contributed by atoms with Crippen LogP contribution in [-0.4, -0.2) is 42.8 Å². The summed E-state index contributed by atoms with van der Waals surface area (Å²) < 4.78 is 35.2. The van der Waals surface area contributed by atoms with Gasteiger partial charge in [-0.15, -0.1) is 0 Å². The maximum absolute atomic E-state index is 12.5. The summed E-state index contributed by atoms with van der Waals surface area (Å²) in [7, 11) is -1.11. The highest BCUT2D eigenvalue weighted by Crippen LogP contribution is 2.37. The lowest BCUT2D eigenvalue weighted by Gasteiger charge is -2.32. The lowest BCUT2D eigenvalue weighted by atomic mass is 9.79. The van der Waals surface area contributed by atoms with Crippen LogP contribution in [0.2, 0.25) is 0 Å². The van der Waals surface area contributed by atoms with Crippen LogP contribution in [0.4, 0.5) is 4.79 Å². The van der Waals surface area contributed by atoms with Crippen molar-refractivity contribution in [2.24, 2.45) is 0 Å². The molecule has 4 rings (SSSR count). The summed E-state index contributed by atoms with van der Waals surface area (Å²) in [4.78, 5) is 12.5. The maximum Gasteiger partial charge on any atom is 0.519 e. The van der Waals surface area contributed by atoms with Gasteiger partial charge in [0.1, 0.15) is 11.5 Å². The van der Waals surface area contributed by atoms with Crippen LogP contribution in [0, 0.1) is 0 Å². The molecule has 2 aromatic rings. The van der Waals surface area contributed by atoms with Gasteiger partial charge in [0, 0.05) is 0 Å². The van der Waals surface area contributed by atoms with Crippen molar-refractivity contribution in [1.29, 1.82) is 0 Å². The predicted octanol–water partition coefficient (Wildman–Crippen LogP) is 3.86. The second-order valence-electron chi connectivity index (χ2n) is 10.8. The zero-order valence-corrected chi connectivity index (χ0v) is 21.1. The Hall–Kier alpha value is -2.32. The summed E-state index contributed by atoms with van der Waals surface area (Å²) in [5.41, 5.74) is -0.338. The molecule has 0 aliphatic carbocycles. The van der Waals surface area contributed by atoms with Crippen LogP contribution < -0.4 is 20.4 Å². The smallest absolute Gasteiger partial charge is 0.399 e. The molecule has 2 aliphatic heterocycles. The van der Waals surface area contributed by atoms with Crippen molar-refractivity contribution in [3.63, 3.8) is 0 Å². The summed E-state index contributed by atoms with van der Waals surface area (Å²) in [5.74, 6) is 0.665. The van der Waals surface area contributed by atoms with Gasteiger partial charge in [-0.25, -0.2) is 4.79 Å². The van der Waals surface area contributed by atoms with E-state index in [9.17, 15) is 4.79 Å². The number of hydrogen-bond donors (Lipinski definition) is 0. The highest BCUT2D eigenvalue weighted by atomic mass is 16.7. The van der Waals surface area contributed by atoms with E-state index in [0.29, 0.717) is 11.5 Å². The van der Waals surface area contributed by atoms with Crippen molar-refractivity contribution >= 4 is 31.3 Å². The second kappa shape index (κ2) is 8.41. The number of benzene rings is 2. The van der Waals surface area contributed by atoms with Gasteiger partial charge in [0.15, 0.2) is 0 Å². The zero-order valence-electron chi connectivity index (χ0n) is 21.1. The van der Waals surface area contributed by atoms with Gasteiger partial charge in [-0.05, 0) is 90.6 Å². The Morgan fingerprint density at radius 2 is 0.941 bits per heavy atom. The van der Waals surface area contributed by atoms with Gasteiger partial charge >= 0.3 is 20.4 Å². The number of carbonyl (C=O) groups excluding carboxylic acids is 1. The minimum atomic E-state index is -0.850. The lowest BCUT2D eigenvalue weighted by molar-refractivity contribution is 0.00578. The van der Waals surface area contributed by atoms with Crippen LogP contribution in [0.5, 0.6) is 11.5 Å². The van der Waals surface area contributed by atoms with E-state index < -0.39 is 42.8 Å². The quantitative estimate of drug-likeness (QED) is 0.385. The van der Waals surface area contributed by atoms with Crippen LogP contribution in [-0.2, 0) is 18.6 Å². The molecule has 2 aromatic carbocycles. The van der Waals surface area contributed by atoms with Crippen LogP contribution >= 0.6 is 0 Å². The van der Waals surface area contributed by atoms with E-state index in [0.717, 1.165) is 10.9 Å². The minimum Gasteiger partial charge on any atom is -0.399 e. The van der Waals surface area contributed by atoms with Gasteiger partial charge in [-0.1, -0.05) is 24.3 Å². The van der Waals surface area contributed by atoms with Gasteiger partial charge in [0.25, 0.3) is 0 Å². The van der Waals surface area contributed by atoms with E-state index in [2.05, 4.69) is 0 Å². The fourth-order valence-electron chi connectivity index (χ4n) is 3.62. The fourth-order valence-corrected chi connectivity index (χ4v) is 3.62. The van der Waals surface area contributed by atoms with Crippen LogP contribution in [0.1, 0.15) is 55.4 Å². The van der Waals surface area contributed by atoms with Gasteiger partial charge in [-0.2, -0.15) is 0 Å². The molecule has 2 fully saturated rings. The average molecular weight is 466 g/mol. The third-order valence-corrected chi connectivity index (χ3v) is 7.17. The molecule has 0 spiro atoms. The molecule has 0 bridgehead atoms. The molecule has 0 radical (unpaired) electrons.